The molecule has 0 spiro atoms. The maximum absolute atomic E-state index is 12.1. The molecule has 2 aromatic heterocycles. The van der Waals surface area contributed by atoms with E-state index >= 15 is 0 Å². The van der Waals surface area contributed by atoms with Crippen molar-refractivity contribution < 1.29 is 0 Å². The van der Waals surface area contributed by atoms with Crippen LogP contribution in [0.5, 0.6) is 0 Å². The van der Waals surface area contributed by atoms with Gasteiger partial charge < -0.3 is 11.1 Å². The van der Waals surface area contributed by atoms with Gasteiger partial charge in [0.1, 0.15) is 0 Å². The lowest BCUT2D eigenvalue weighted by Gasteiger charge is -2.08. The first kappa shape index (κ1) is 15.7. The molecule has 0 saturated carbocycles. The third-order valence-electron chi connectivity index (χ3n) is 3.15. The second-order valence-corrected chi connectivity index (χ2v) is 5.43. The van der Waals surface area contributed by atoms with Gasteiger partial charge in [-0.25, -0.2) is 4.68 Å². The molecule has 0 unspecified atom stereocenters. The summed E-state index contributed by atoms with van der Waals surface area (Å²) in [5.74, 6) is 0. The summed E-state index contributed by atoms with van der Waals surface area (Å²) < 4.78 is 4.12. The van der Waals surface area contributed by atoms with Crippen LogP contribution in [0.2, 0.25) is 0 Å². The van der Waals surface area contributed by atoms with Crippen LogP contribution in [0.4, 0.5) is 5.69 Å². The molecule has 0 saturated heterocycles. The van der Waals surface area contributed by atoms with E-state index in [1.807, 2.05) is 14.0 Å². The lowest BCUT2D eigenvalue weighted by atomic mass is 10.3. The molecule has 7 nitrogen and oxygen atoms in total. The number of halogens is 1. The summed E-state index contributed by atoms with van der Waals surface area (Å²) in [5, 5.41) is 11.6. The fraction of sp³-hybridized carbons (Fsp3) is 0.462. The van der Waals surface area contributed by atoms with Gasteiger partial charge in [-0.2, -0.15) is 10.2 Å². The van der Waals surface area contributed by atoms with Gasteiger partial charge in [0.2, 0.25) is 0 Å². The zero-order valence-electron chi connectivity index (χ0n) is 12.1. The predicted molar refractivity (Wildman–Crippen MR) is 85.4 cm³/mol. The van der Waals surface area contributed by atoms with Crippen LogP contribution in [0.3, 0.4) is 0 Å². The summed E-state index contributed by atoms with van der Waals surface area (Å²) in [6.45, 7) is 3.53. The quantitative estimate of drug-likeness (QED) is 0.797. The van der Waals surface area contributed by atoms with Gasteiger partial charge in [0.05, 0.1) is 34.3 Å². The number of nitrogens with one attached hydrogen (secondary N) is 1. The standard InChI is InChI=1S/C13H19BrN6O/c1-3-10-13(14)11(19(2)18-10)8-20-12(21)6-9(7-17-20)16-5-4-15/h6-7,16H,3-5,8,15H2,1-2H3. The molecular weight excluding hydrogens is 336 g/mol. The molecule has 2 heterocycles. The van der Waals surface area contributed by atoms with Gasteiger partial charge in [-0.05, 0) is 22.4 Å². The Morgan fingerprint density at radius 1 is 1.48 bits per heavy atom. The van der Waals surface area contributed by atoms with Gasteiger partial charge >= 0.3 is 0 Å². The highest BCUT2D eigenvalue weighted by atomic mass is 79.9. The van der Waals surface area contributed by atoms with Crippen LogP contribution in [0.15, 0.2) is 21.5 Å². The number of rotatable bonds is 6. The minimum absolute atomic E-state index is 0.164. The van der Waals surface area contributed by atoms with Crippen molar-refractivity contribution in [2.24, 2.45) is 12.8 Å². The number of hydrogen-bond acceptors (Lipinski definition) is 5. The Balaban J connectivity index is 2.24. The van der Waals surface area contributed by atoms with Gasteiger partial charge in [0, 0.05) is 26.2 Å². The van der Waals surface area contributed by atoms with E-state index < -0.39 is 0 Å². The van der Waals surface area contributed by atoms with Crippen molar-refractivity contribution in [3.8, 4) is 0 Å². The van der Waals surface area contributed by atoms with Crippen molar-refractivity contribution in [3.63, 3.8) is 0 Å². The van der Waals surface area contributed by atoms with E-state index in [-0.39, 0.29) is 5.56 Å². The van der Waals surface area contributed by atoms with E-state index in [0.717, 1.165) is 22.3 Å². The Labute approximate surface area is 131 Å². The van der Waals surface area contributed by atoms with Crippen LogP contribution < -0.4 is 16.6 Å². The topological polar surface area (TPSA) is 90.8 Å². The molecule has 3 N–H and O–H groups in total. The Hall–Kier alpha value is -1.67. The first-order valence-corrected chi connectivity index (χ1v) is 7.57. The first-order valence-electron chi connectivity index (χ1n) is 6.78. The minimum Gasteiger partial charge on any atom is -0.382 e. The van der Waals surface area contributed by atoms with E-state index in [9.17, 15) is 4.79 Å². The minimum atomic E-state index is -0.164. The maximum Gasteiger partial charge on any atom is 0.269 e. The van der Waals surface area contributed by atoms with E-state index in [2.05, 4.69) is 31.4 Å². The molecule has 0 aliphatic carbocycles. The summed E-state index contributed by atoms with van der Waals surface area (Å²) in [6, 6.07) is 1.52. The number of hydrogen-bond donors (Lipinski definition) is 2. The predicted octanol–water partition coefficient (Wildman–Crippen LogP) is 0.721. The van der Waals surface area contributed by atoms with Gasteiger partial charge in [0.15, 0.2) is 0 Å². The Morgan fingerprint density at radius 2 is 2.24 bits per heavy atom. The van der Waals surface area contributed by atoms with E-state index in [4.69, 9.17) is 5.73 Å². The number of nitrogens with two attached hydrogens (primary N) is 1. The Morgan fingerprint density at radius 3 is 2.81 bits per heavy atom. The highest BCUT2D eigenvalue weighted by molar-refractivity contribution is 9.10. The van der Waals surface area contributed by atoms with Gasteiger partial charge in [0.25, 0.3) is 5.56 Å². The fourth-order valence-corrected chi connectivity index (χ4v) is 2.74. The second-order valence-electron chi connectivity index (χ2n) is 4.64. The monoisotopic (exact) mass is 354 g/mol. The average molecular weight is 355 g/mol. The first-order chi connectivity index (χ1) is 10.1. The maximum atomic E-state index is 12.1. The van der Waals surface area contributed by atoms with Crippen molar-refractivity contribution in [3.05, 3.63) is 38.5 Å². The molecule has 0 amide bonds. The largest absolute Gasteiger partial charge is 0.382 e. The summed E-state index contributed by atoms with van der Waals surface area (Å²) >= 11 is 3.54. The van der Waals surface area contributed by atoms with Crippen LogP contribution in [0.25, 0.3) is 0 Å². The lowest BCUT2D eigenvalue weighted by Crippen LogP contribution is -2.25. The zero-order chi connectivity index (χ0) is 15.4. The molecule has 0 atom stereocenters. The lowest BCUT2D eigenvalue weighted by molar-refractivity contribution is 0.589. The molecule has 8 heteroatoms. The van der Waals surface area contributed by atoms with Crippen LogP contribution in [-0.4, -0.2) is 32.7 Å². The van der Waals surface area contributed by atoms with Crippen molar-refractivity contribution in [1.29, 1.82) is 0 Å². The Kier molecular flexibility index (Phi) is 5.13. The normalized spacial score (nSPS) is 10.9. The van der Waals surface area contributed by atoms with E-state index in [1.54, 1.807) is 10.9 Å². The molecule has 0 aliphatic heterocycles. The van der Waals surface area contributed by atoms with E-state index in [0.29, 0.717) is 25.3 Å². The van der Waals surface area contributed by atoms with Crippen molar-refractivity contribution >= 4 is 21.6 Å². The molecule has 0 bridgehead atoms. The highest BCUT2D eigenvalue weighted by Gasteiger charge is 2.14. The second kappa shape index (κ2) is 6.86. The van der Waals surface area contributed by atoms with E-state index in [1.165, 1.54) is 10.7 Å². The van der Waals surface area contributed by atoms with Gasteiger partial charge in [-0.15, -0.1) is 0 Å². The average Bonchev–Trinajstić information content (AvgIpc) is 2.74. The molecule has 0 aliphatic rings. The summed E-state index contributed by atoms with van der Waals surface area (Å²) in [5.41, 5.74) is 7.83. The molecule has 21 heavy (non-hydrogen) atoms. The Bertz CT molecular complexity index is 678. The molecule has 0 fully saturated rings. The molecular formula is C13H19BrN6O. The number of aromatic nitrogens is 4. The fourth-order valence-electron chi connectivity index (χ4n) is 2.00. The molecule has 114 valence electrons. The number of nitrogens with zero attached hydrogens (tertiary/aromatic N) is 4. The van der Waals surface area contributed by atoms with Crippen molar-refractivity contribution in [2.75, 3.05) is 18.4 Å². The smallest absolute Gasteiger partial charge is 0.269 e. The molecule has 2 rings (SSSR count). The molecule has 0 aromatic carbocycles. The van der Waals surface area contributed by atoms with Crippen molar-refractivity contribution in [1.82, 2.24) is 19.6 Å². The van der Waals surface area contributed by atoms with Crippen LogP contribution in [0.1, 0.15) is 18.3 Å². The molecule has 0 radical (unpaired) electrons. The summed E-state index contributed by atoms with van der Waals surface area (Å²) in [7, 11) is 1.86. The summed E-state index contributed by atoms with van der Waals surface area (Å²) in [4.78, 5) is 12.1. The SMILES string of the molecule is CCc1nn(C)c(Cn2ncc(NCCN)cc2=O)c1Br. The zero-order valence-corrected chi connectivity index (χ0v) is 13.7. The van der Waals surface area contributed by atoms with Crippen LogP contribution >= 0.6 is 15.9 Å². The van der Waals surface area contributed by atoms with Crippen molar-refractivity contribution in [2.45, 2.75) is 19.9 Å². The van der Waals surface area contributed by atoms with Crippen LogP contribution in [-0.2, 0) is 20.0 Å². The number of anilines is 1. The molecule has 2 aromatic rings. The highest BCUT2D eigenvalue weighted by Crippen LogP contribution is 2.21. The summed E-state index contributed by atoms with van der Waals surface area (Å²) in [6.07, 6.45) is 2.46. The third-order valence-corrected chi connectivity index (χ3v) is 4.06. The van der Waals surface area contributed by atoms with Gasteiger partial charge in [-0.3, -0.25) is 9.48 Å². The number of aryl methyl sites for hydroxylation is 2. The third kappa shape index (κ3) is 3.51. The van der Waals surface area contributed by atoms with Crippen LogP contribution in [0, 0.1) is 0 Å². The van der Waals surface area contributed by atoms with Gasteiger partial charge in [-0.1, -0.05) is 6.92 Å².